The lowest BCUT2D eigenvalue weighted by Gasteiger charge is -2.09. The van der Waals surface area contributed by atoms with Gasteiger partial charge in [-0.2, -0.15) is 0 Å². The van der Waals surface area contributed by atoms with Crippen molar-refractivity contribution < 1.29 is 9.32 Å². The third-order valence-corrected chi connectivity index (χ3v) is 6.45. The average Bonchev–Trinajstić information content (AvgIpc) is 3.27. The van der Waals surface area contributed by atoms with E-state index in [0.717, 1.165) is 46.7 Å². The molecule has 1 aromatic carbocycles. The molecule has 0 amide bonds. The largest absolute Gasteiger partial charge is 0.360 e. The summed E-state index contributed by atoms with van der Waals surface area (Å²) in [5.74, 6) is 3.22. The van der Waals surface area contributed by atoms with Crippen LogP contribution in [0.25, 0.3) is 11.5 Å². The third kappa shape index (κ3) is 3.72. The molecule has 0 unspecified atom stereocenters. The maximum atomic E-state index is 13.1. The van der Waals surface area contributed by atoms with Crippen LogP contribution in [0.1, 0.15) is 52.1 Å². The molecule has 0 aliphatic heterocycles. The van der Waals surface area contributed by atoms with Gasteiger partial charge < -0.3 is 4.52 Å². The van der Waals surface area contributed by atoms with Crippen molar-refractivity contribution in [3.8, 4) is 11.5 Å². The summed E-state index contributed by atoms with van der Waals surface area (Å²) in [4.78, 5) is 13.1. The fourth-order valence-corrected chi connectivity index (χ4v) is 4.71. The van der Waals surface area contributed by atoms with Gasteiger partial charge in [0.2, 0.25) is 0 Å². The molecule has 3 heterocycles. The van der Waals surface area contributed by atoms with E-state index in [2.05, 4.69) is 32.1 Å². The van der Waals surface area contributed by atoms with Gasteiger partial charge in [0.05, 0.1) is 5.75 Å². The Hall–Kier alpha value is -3.13. The predicted octanol–water partition coefficient (Wildman–Crippen LogP) is 4.82. The Bertz CT molecular complexity index is 1250. The summed E-state index contributed by atoms with van der Waals surface area (Å²) in [5.41, 5.74) is 3.53. The van der Waals surface area contributed by atoms with Crippen LogP contribution in [-0.4, -0.2) is 36.0 Å². The maximum Gasteiger partial charge on any atom is 0.196 e. The number of para-hydroxylation sites is 1. The van der Waals surface area contributed by atoms with Gasteiger partial charge in [-0.15, -0.1) is 10.2 Å². The number of aromatic nitrogens is 5. The van der Waals surface area contributed by atoms with Crippen molar-refractivity contribution in [1.29, 1.82) is 0 Å². The SMILES string of the molecule is Cc1cc(-n2c(C)cc(C(=O)CSc3nnc(C4CC4)n3-c3ccccc3)c2C)no1. The molecule has 1 saturated carbocycles. The Kier molecular flexibility index (Phi) is 5.02. The molecule has 5 rings (SSSR count). The number of benzene rings is 1. The first-order chi connectivity index (χ1) is 15.0. The number of carbonyl (C=O) groups excluding carboxylic acids is 1. The zero-order chi connectivity index (χ0) is 21.5. The lowest BCUT2D eigenvalue weighted by molar-refractivity contribution is 0.102. The van der Waals surface area contributed by atoms with Crippen LogP contribution in [-0.2, 0) is 0 Å². The lowest BCUT2D eigenvalue weighted by atomic mass is 10.2. The lowest BCUT2D eigenvalue weighted by Crippen LogP contribution is -2.07. The molecular formula is C23H23N5O2S. The van der Waals surface area contributed by atoms with Crippen LogP contribution in [0.4, 0.5) is 0 Å². The highest BCUT2D eigenvalue weighted by Gasteiger charge is 2.31. The molecule has 158 valence electrons. The van der Waals surface area contributed by atoms with Crippen LogP contribution in [0, 0.1) is 20.8 Å². The minimum absolute atomic E-state index is 0.0557. The van der Waals surface area contributed by atoms with Gasteiger partial charge in [-0.1, -0.05) is 35.1 Å². The molecule has 7 nitrogen and oxygen atoms in total. The fraction of sp³-hybridized carbons (Fsp3) is 0.304. The van der Waals surface area contributed by atoms with Gasteiger partial charge >= 0.3 is 0 Å². The van der Waals surface area contributed by atoms with E-state index >= 15 is 0 Å². The van der Waals surface area contributed by atoms with Crippen LogP contribution < -0.4 is 0 Å². The summed E-state index contributed by atoms with van der Waals surface area (Å²) >= 11 is 1.43. The number of carbonyl (C=O) groups is 1. The minimum atomic E-state index is 0.0557. The molecule has 8 heteroatoms. The molecule has 0 bridgehead atoms. The number of Topliss-reactive ketones (excluding diaryl/α,β-unsaturated/α-hetero) is 1. The molecule has 1 aliphatic carbocycles. The van der Waals surface area contributed by atoms with E-state index in [0.29, 0.717) is 17.3 Å². The van der Waals surface area contributed by atoms with Crippen LogP contribution >= 0.6 is 11.8 Å². The topological polar surface area (TPSA) is 78.7 Å². The molecule has 3 aromatic heterocycles. The molecule has 0 N–H and O–H groups in total. The van der Waals surface area contributed by atoms with Crippen molar-refractivity contribution in [2.24, 2.45) is 0 Å². The highest BCUT2D eigenvalue weighted by molar-refractivity contribution is 7.99. The second kappa shape index (κ2) is 7.85. The van der Waals surface area contributed by atoms with Crippen LogP contribution in [0.15, 0.2) is 52.1 Å². The Morgan fingerprint density at radius 1 is 1.10 bits per heavy atom. The smallest absolute Gasteiger partial charge is 0.196 e. The van der Waals surface area contributed by atoms with E-state index in [4.69, 9.17) is 4.52 Å². The fourth-order valence-electron chi connectivity index (χ4n) is 3.86. The zero-order valence-corrected chi connectivity index (χ0v) is 18.5. The highest BCUT2D eigenvalue weighted by atomic mass is 32.2. The van der Waals surface area contributed by atoms with Crippen LogP contribution in [0.3, 0.4) is 0 Å². The Morgan fingerprint density at radius 2 is 1.87 bits per heavy atom. The van der Waals surface area contributed by atoms with Gasteiger partial charge in [-0.3, -0.25) is 13.9 Å². The molecule has 0 saturated heterocycles. The standard InChI is InChI=1S/C23H23N5O2S/c1-14-11-19(16(3)27(14)21-12-15(2)30-26-21)20(29)13-31-23-25-24-22(17-9-10-17)28(23)18-7-5-4-6-8-18/h4-8,11-12,17H,9-10,13H2,1-3H3. The first kappa shape index (κ1) is 19.8. The summed E-state index contributed by atoms with van der Waals surface area (Å²) in [5, 5.41) is 13.7. The quantitative estimate of drug-likeness (QED) is 0.307. The normalized spacial score (nSPS) is 13.6. The molecule has 0 spiro atoms. The monoisotopic (exact) mass is 433 g/mol. The summed E-state index contributed by atoms with van der Waals surface area (Å²) in [6.45, 7) is 5.76. The van der Waals surface area contributed by atoms with E-state index in [9.17, 15) is 4.79 Å². The average molecular weight is 434 g/mol. The summed E-state index contributed by atoms with van der Waals surface area (Å²) < 4.78 is 9.25. The van der Waals surface area contributed by atoms with E-state index in [1.165, 1.54) is 11.8 Å². The van der Waals surface area contributed by atoms with Crippen LogP contribution in [0.5, 0.6) is 0 Å². The van der Waals surface area contributed by atoms with E-state index in [-0.39, 0.29) is 11.5 Å². The van der Waals surface area contributed by atoms with Gasteiger partial charge in [0.15, 0.2) is 16.8 Å². The van der Waals surface area contributed by atoms with Crippen molar-refractivity contribution in [3.63, 3.8) is 0 Å². The number of ketones is 1. The maximum absolute atomic E-state index is 13.1. The van der Waals surface area contributed by atoms with E-state index in [1.54, 1.807) is 0 Å². The van der Waals surface area contributed by atoms with Gasteiger partial charge in [0.1, 0.15) is 11.6 Å². The Morgan fingerprint density at radius 3 is 2.55 bits per heavy atom. The van der Waals surface area contributed by atoms with Gasteiger partial charge in [-0.25, -0.2) is 0 Å². The summed E-state index contributed by atoms with van der Waals surface area (Å²) in [6.07, 6.45) is 2.28. The Labute approximate surface area is 184 Å². The van der Waals surface area contributed by atoms with Crippen molar-refractivity contribution >= 4 is 17.5 Å². The molecule has 1 fully saturated rings. The summed E-state index contributed by atoms with van der Waals surface area (Å²) in [6, 6.07) is 13.9. The predicted molar refractivity (Wildman–Crippen MR) is 118 cm³/mol. The van der Waals surface area contributed by atoms with Crippen molar-refractivity contribution in [2.45, 2.75) is 44.7 Å². The number of nitrogens with zero attached hydrogens (tertiary/aromatic N) is 5. The second-order valence-corrected chi connectivity index (χ2v) is 8.86. The van der Waals surface area contributed by atoms with Crippen molar-refractivity contribution in [3.05, 3.63) is 71.0 Å². The molecule has 4 aromatic rings. The number of thioether (sulfide) groups is 1. The number of rotatable bonds is 7. The Balaban J connectivity index is 1.40. The molecule has 31 heavy (non-hydrogen) atoms. The van der Waals surface area contributed by atoms with Gasteiger partial charge in [0.25, 0.3) is 0 Å². The van der Waals surface area contributed by atoms with Crippen LogP contribution in [0.2, 0.25) is 0 Å². The molecular weight excluding hydrogens is 410 g/mol. The molecule has 0 atom stereocenters. The van der Waals surface area contributed by atoms with Crippen molar-refractivity contribution in [1.82, 2.24) is 24.5 Å². The number of aryl methyl sites for hydroxylation is 2. The number of hydrogen-bond donors (Lipinski definition) is 0. The van der Waals surface area contributed by atoms with E-state index < -0.39 is 0 Å². The van der Waals surface area contributed by atoms with Gasteiger partial charge in [-0.05, 0) is 51.8 Å². The second-order valence-electron chi connectivity index (χ2n) is 7.91. The van der Waals surface area contributed by atoms with Gasteiger partial charge in [0, 0.05) is 34.6 Å². The van der Waals surface area contributed by atoms with E-state index in [1.807, 2.05) is 55.7 Å². The first-order valence-corrected chi connectivity index (χ1v) is 11.3. The molecule has 0 radical (unpaired) electrons. The zero-order valence-electron chi connectivity index (χ0n) is 17.7. The van der Waals surface area contributed by atoms with Crippen molar-refractivity contribution in [2.75, 3.05) is 5.75 Å². The molecule has 1 aliphatic rings. The summed E-state index contributed by atoms with van der Waals surface area (Å²) in [7, 11) is 0. The first-order valence-electron chi connectivity index (χ1n) is 10.3. The minimum Gasteiger partial charge on any atom is -0.360 e. The highest BCUT2D eigenvalue weighted by Crippen LogP contribution is 2.41. The third-order valence-electron chi connectivity index (χ3n) is 5.52. The number of hydrogen-bond acceptors (Lipinski definition) is 6.